The third-order valence-electron chi connectivity index (χ3n) is 3.12. The first kappa shape index (κ1) is 15.4. The fourth-order valence-electron chi connectivity index (χ4n) is 2.04. The van der Waals surface area contributed by atoms with Gasteiger partial charge < -0.3 is 5.32 Å². The Labute approximate surface area is 127 Å². The average Bonchev–Trinajstić information content (AvgIpc) is 2.41. The lowest BCUT2D eigenvalue weighted by atomic mass is 10.1. The minimum absolute atomic E-state index is 0.137. The van der Waals surface area contributed by atoms with E-state index in [4.69, 9.17) is 11.6 Å². The maximum absolute atomic E-state index is 13.0. The molecule has 0 bridgehead atoms. The van der Waals surface area contributed by atoms with E-state index in [0.717, 1.165) is 11.1 Å². The van der Waals surface area contributed by atoms with E-state index >= 15 is 0 Å². The number of carbonyl (C=O) groups is 1. The number of anilines is 1. The maximum atomic E-state index is 13.0. The van der Waals surface area contributed by atoms with Gasteiger partial charge in [0.1, 0.15) is 22.6 Å². The van der Waals surface area contributed by atoms with Crippen LogP contribution in [0.3, 0.4) is 0 Å². The van der Waals surface area contributed by atoms with Crippen molar-refractivity contribution >= 4 is 23.7 Å². The summed E-state index contributed by atoms with van der Waals surface area (Å²) >= 11 is 5.91. The summed E-state index contributed by atoms with van der Waals surface area (Å²) in [7, 11) is 0. The molecule has 0 aliphatic heterocycles. The van der Waals surface area contributed by atoms with Gasteiger partial charge in [0.15, 0.2) is 6.29 Å². The fraction of sp³-hybridized carbons (Fsp3) is 0.267. The molecule has 0 amide bonds. The lowest BCUT2D eigenvalue weighted by molar-refractivity contribution is 0.112. The van der Waals surface area contributed by atoms with Crippen LogP contribution in [0.2, 0.25) is 5.15 Å². The summed E-state index contributed by atoms with van der Waals surface area (Å²) in [5, 5.41) is 3.21. The van der Waals surface area contributed by atoms with Gasteiger partial charge in [-0.15, -0.1) is 0 Å². The quantitative estimate of drug-likeness (QED) is 0.680. The molecule has 1 N–H and O–H groups in total. The average molecular weight is 308 g/mol. The summed E-state index contributed by atoms with van der Waals surface area (Å²) in [5.74, 6) is 0.666. The number of nitrogens with one attached hydrogen (secondary N) is 1. The van der Waals surface area contributed by atoms with Gasteiger partial charge in [0.25, 0.3) is 0 Å². The van der Waals surface area contributed by atoms with Crippen molar-refractivity contribution in [1.82, 2.24) is 9.97 Å². The monoisotopic (exact) mass is 307 g/mol. The molecule has 4 nitrogen and oxygen atoms in total. The van der Waals surface area contributed by atoms with Crippen LogP contribution in [0.1, 0.15) is 27.3 Å². The lowest BCUT2D eigenvalue weighted by Gasteiger charge is -2.10. The van der Waals surface area contributed by atoms with Gasteiger partial charge in [-0.1, -0.05) is 17.7 Å². The summed E-state index contributed by atoms with van der Waals surface area (Å²) in [4.78, 5) is 19.1. The molecule has 21 heavy (non-hydrogen) atoms. The molecule has 1 aromatic carbocycles. The Morgan fingerprint density at radius 2 is 2.10 bits per heavy atom. The summed E-state index contributed by atoms with van der Waals surface area (Å²) in [6.07, 6.45) is 1.32. The Balaban J connectivity index is 2.08. The van der Waals surface area contributed by atoms with Crippen molar-refractivity contribution in [3.8, 4) is 0 Å². The minimum Gasteiger partial charge on any atom is -0.369 e. The summed E-state index contributed by atoms with van der Waals surface area (Å²) in [6, 6.07) is 4.69. The topological polar surface area (TPSA) is 54.9 Å². The Bertz CT molecular complexity index is 676. The minimum atomic E-state index is -0.245. The summed E-state index contributed by atoms with van der Waals surface area (Å²) in [6.45, 7) is 4.12. The van der Waals surface area contributed by atoms with Crippen LogP contribution in [0.4, 0.5) is 10.2 Å². The van der Waals surface area contributed by atoms with Gasteiger partial charge in [0, 0.05) is 6.54 Å². The number of hydrogen-bond donors (Lipinski definition) is 1. The van der Waals surface area contributed by atoms with E-state index in [2.05, 4.69) is 15.3 Å². The van der Waals surface area contributed by atoms with Gasteiger partial charge in [-0.2, -0.15) is 0 Å². The number of aromatic nitrogens is 2. The van der Waals surface area contributed by atoms with Crippen LogP contribution in [0.25, 0.3) is 0 Å². The van der Waals surface area contributed by atoms with Gasteiger partial charge in [-0.05, 0) is 43.5 Å². The van der Waals surface area contributed by atoms with E-state index < -0.39 is 0 Å². The van der Waals surface area contributed by atoms with E-state index in [1.807, 2.05) is 6.92 Å². The van der Waals surface area contributed by atoms with E-state index in [1.165, 1.54) is 12.1 Å². The first-order valence-corrected chi connectivity index (χ1v) is 6.87. The highest BCUT2D eigenvalue weighted by Gasteiger charge is 2.10. The van der Waals surface area contributed by atoms with Gasteiger partial charge >= 0.3 is 0 Å². The third kappa shape index (κ3) is 3.76. The normalized spacial score (nSPS) is 10.5. The van der Waals surface area contributed by atoms with Crippen LogP contribution in [-0.4, -0.2) is 22.8 Å². The Morgan fingerprint density at radius 3 is 2.76 bits per heavy atom. The molecule has 110 valence electrons. The first-order chi connectivity index (χ1) is 10.0. The molecular formula is C15H15ClFN3O. The zero-order chi connectivity index (χ0) is 15.4. The largest absolute Gasteiger partial charge is 0.369 e. The molecule has 0 radical (unpaired) electrons. The molecule has 0 aliphatic carbocycles. The van der Waals surface area contributed by atoms with Gasteiger partial charge in [-0.3, -0.25) is 4.79 Å². The summed E-state index contributed by atoms with van der Waals surface area (Å²) < 4.78 is 13.0. The molecule has 0 spiro atoms. The van der Waals surface area contributed by atoms with Crippen LogP contribution in [0.15, 0.2) is 18.2 Å². The van der Waals surface area contributed by atoms with E-state index in [0.29, 0.717) is 30.9 Å². The third-order valence-corrected chi connectivity index (χ3v) is 3.41. The predicted octanol–water partition coefficient (Wildman–Crippen LogP) is 3.35. The molecular weight excluding hydrogens is 293 g/mol. The molecule has 0 fully saturated rings. The molecule has 2 aromatic rings. The number of aryl methyl sites for hydroxylation is 2. The van der Waals surface area contributed by atoms with Crippen molar-refractivity contribution in [1.29, 1.82) is 0 Å². The van der Waals surface area contributed by atoms with E-state index in [-0.39, 0.29) is 16.5 Å². The van der Waals surface area contributed by atoms with Crippen LogP contribution in [0.5, 0.6) is 0 Å². The number of rotatable bonds is 5. The van der Waals surface area contributed by atoms with Crippen molar-refractivity contribution in [2.45, 2.75) is 20.3 Å². The SMILES string of the molecule is Cc1nc(Cl)c(C=O)c(NCCc2ccc(F)cc2C)n1. The highest BCUT2D eigenvalue weighted by atomic mass is 35.5. The molecule has 0 unspecified atom stereocenters. The second kappa shape index (κ2) is 6.63. The molecule has 6 heteroatoms. The van der Waals surface area contributed by atoms with E-state index in [9.17, 15) is 9.18 Å². The number of aldehydes is 1. The zero-order valence-electron chi connectivity index (χ0n) is 11.8. The number of hydrogen-bond acceptors (Lipinski definition) is 4. The van der Waals surface area contributed by atoms with Crippen molar-refractivity contribution in [3.05, 3.63) is 51.7 Å². The lowest BCUT2D eigenvalue weighted by Crippen LogP contribution is -2.11. The van der Waals surface area contributed by atoms with Gasteiger partial charge in [0.05, 0.1) is 5.56 Å². The maximum Gasteiger partial charge on any atom is 0.156 e. The second-order valence-corrected chi connectivity index (χ2v) is 5.05. The molecule has 2 rings (SSSR count). The van der Waals surface area contributed by atoms with Crippen LogP contribution >= 0.6 is 11.6 Å². The zero-order valence-corrected chi connectivity index (χ0v) is 12.5. The van der Waals surface area contributed by atoms with Crippen molar-refractivity contribution in [2.75, 3.05) is 11.9 Å². The Kier molecular flexibility index (Phi) is 4.85. The smallest absolute Gasteiger partial charge is 0.156 e. The second-order valence-electron chi connectivity index (χ2n) is 4.69. The van der Waals surface area contributed by atoms with Gasteiger partial charge in [-0.25, -0.2) is 14.4 Å². The molecule has 1 heterocycles. The summed E-state index contributed by atoms with van der Waals surface area (Å²) in [5.41, 5.74) is 2.18. The highest BCUT2D eigenvalue weighted by molar-refractivity contribution is 6.32. The van der Waals surface area contributed by atoms with Crippen LogP contribution < -0.4 is 5.32 Å². The Hall–Kier alpha value is -2.01. The molecule has 0 aliphatic rings. The van der Waals surface area contributed by atoms with Crippen molar-refractivity contribution < 1.29 is 9.18 Å². The number of halogens is 2. The number of benzene rings is 1. The van der Waals surface area contributed by atoms with Crippen molar-refractivity contribution in [3.63, 3.8) is 0 Å². The highest BCUT2D eigenvalue weighted by Crippen LogP contribution is 2.19. The standard InChI is InChI=1S/C15H15ClFN3O/c1-9-7-12(17)4-3-11(9)5-6-18-15-13(8-21)14(16)19-10(2)20-15/h3-4,7-8H,5-6H2,1-2H3,(H,18,19,20). The number of nitrogens with zero attached hydrogens (tertiary/aromatic N) is 2. The molecule has 0 saturated carbocycles. The van der Waals surface area contributed by atoms with Crippen LogP contribution in [0, 0.1) is 19.7 Å². The predicted molar refractivity (Wildman–Crippen MR) is 80.5 cm³/mol. The first-order valence-electron chi connectivity index (χ1n) is 6.49. The van der Waals surface area contributed by atoms with E-state index in [1.54, 1.807) is 13.0 Å². The molecule has 1 aromatic heterocycles. The van der Waals surface area contributed by atoms with Crippen molar-refractivity contribution in [2.24, 2.45) is 0 Å². The number of carbonyl (C=O) groups excluding carboxylic acids is 1. The molecule has 0 saturated heterocycles. The van der Waals surface area contributed by atoms with Gasteiger partial charge in [0.2, 0.25) is 0 Å². The fourth-order valence-corrected chi connectivity index (χ4v) is 2.30. The molecule has 0 atom stereocenters. The Morgan fingerprint density at radius 1 is 1.33 bits per heavy atom. The van der Waals surface area contributed by atoms with Crippen LogP contribution in [-0.2, 0) is 6.42 Å².